The summed E-state index contributed by atoms with van der Waals surface area (Å²) in [5.41, 5.74) is -0.0759. The molecular weight excluding hydrogens is 272 g/mol. The number of aromatic carboxylic acids is 1. The third kappa shape index (κ3) is 4.93. The Labute approximate surface area is 111 Å². The first kappa shape index (κ1) is 15.5. The van der Waals surface area contributed by atoms with E-state index in [9.17, 15) is 13.2 Å². The Hall–Kier alpha value is -1.51. The maximum atomic E-state index is 11.8. The highest BCUT2D eigenvalue weighted by Crippen LogP contribution is 2.07. The van der Waals surface area contributed by atoms with Crippen LogP contribution in [0.3, 0.4) is 0 Å². The number of aromatic nitrogens is 1. The van der Waals surface area contributed by atoms with Gasteiger partial charge in [-0.2, -0.15) is 0 Å². The molecule has 1 aromatic heterocycles. The molecule has 7 nitrogen and oxygen atoms in total. The van der Waals surface area contributed by atoms with Crippen LogP contribution in [0.15, 0.2) is 23.4 Å². The van der Waals surface area contributed by atoms with Crippen molar-refractivity contribution in [1.82, 2.24) is 9.71 Å². The third-order valence-corrected chi connectivity index (χ3v) is 3.73. The number of hydrogen-bond acceptors (Lipinski definition) is 5. The zero-order valence-corrected chi connectivity index (χ0v) is 11.2. The minimum Gasteiger partial charge on any atom is -0.478 e. The lowest BCUT2D eigenvalue weighted by atomic mass is 10.2. The lowest BCUT2D eigenvalue weighted by Crippen LogP contribution is -2.26. The average molecular weight is 288 g/mol. The van der Waals surface area contributed by atoms with Crippen LogP contribution in [-0.2, 0) is 10.0 Å². The van der Waals surface area contributed by atoms with Crippen LogP contribution in [0.5, 0.6) is 0 Å². The number of pyridine rings is 1. The van der Waals surface area contributed by atoms with Gasteiger partial charge in [0.1, 0.15) is 0 Å². The molecule has 0 aliphatic heterocycles. The van der Waals surface area contributed by atoms with Crippen molar-refractivity contribution < 1.29 is 23.4 Å². The van der Waals surface area contributed by atoms with Gasteiger partial charge < -0.3 is 10.2 Å². The van der Waals surface area contributed by atoms with Gasteiger partial charge in [0.2, 0.25) is 0 Å². The van der Waals surface area contributed by atoms with E-state index in [-0.39, 0.29) is 17.1 Å². The van der Waals surface area contributed by atoms with Gasteiger partial charge in [-0.1, -0.05) is 0 Å². The smallest absolute Gasteiger partial charge is 0.337 e. The Morgan fingerprint density at radius 1 is 1.47 bits per heavy atom. The minimum absolute atomic E-state index is 0.0759. The number of aliphatic hydroxyl groups is 1. The van der Waals surface area contributed by atoms with Gasteiger partial charge in [-0.15, -0.1) is 0 Å². The number of aliphatic hydroxyl groups excluding tert-OH is 1. The molecule has 0 aliphatic rings. The number of sulfonamides is 1. The zero-order chi connectivity index (χ0) is 14.5. The second kappa shape index (κ2) is 6.60. The van der Waals surface area contributed by atoms with Crippen LogP contribution in [-0.4, -0.2) is 42.2 Å². The summed E-state index contributed by atoms with van der Waals surface area (Å²) in [6, 6.07) is 2.32. The summed E-state index contributed by atoms with van der Waals surface area (Å²) in [6.07, 6.45) is 1.52. The van der Waals surface area contributed by atoms with Crippen molar-refractivity contribution in [1.29, 1.82) is 0 Å². The molecule has 0 aliphatic carbocycles. The van der Waals surface area contributed by atoms with E-state index in [1.807, 2.05) is 0 Å². The number of nitrogens with zero attached hydrogens (tertiary/aromatic N) is 1. The normalized spacial score (nSPS) is 13.2. The molecule has 0 spiro atoms. The van der Waals surface area contributed by atoms with Gasteiger partial charge in [0.25, 0.3) is 10.0 Å². The highest BCUT2D eigenvalue weighted by molar-refractivity contribution is 7.89. The van der Waals surface area contributed by atoms with E-state index in [0.717, 1.165) is 12.3 Å². The van der Waals surface area contributed by atoms with Crippen LogP contribution in [0.1, 0.15) is 30.1 Å². The molecule has 0 amide bonds. The van der Waals surface area contributed by atoms with E-state index < -0.39 is 22.1 Å². The second-order valence-corrected chi connectivity index (χ2v) is 5.79. The first-order valence-electron chi connectivity index (χ1n) is 5.70. The average Bonchev–Trinajstić information content (AvgIpc) is 2.34. The molecule has 1 rings (SSSR count). The molecule has 0 fully saturated rings. The Kier molecular flexibility index (Phi) is 5.40. The molecule has 0 radical (unpaired) electrons. The van der Waals surface area contributed by atoms with Crippen LogP contribution in [0.25, 0.3) is 0 Å². The molecule has 0 saturated heterocycles. The number of carboxylic acid groups (broad SMARTS) is 1. The Morgan fingerprint density at radius 3 is 2.63 bits per heavy atom. The molecule has 1 atom stereocenters. The quantitative estimate of drug-likeness (QED) is 0.618. The molecule has 0 saturated carbocycles. The standard InChI is InChI=1S/C11H16N2O5S/c1-8(14)3-2-6-13-19(17,18)10-5-4-9(7-12-10)11(15)16/h4-5,7-8,13-14H,2-3,6H2,1H3,(H,15,16). The highest BCUT2D eigenvalue weighted by atomic mass is 32.2. The van der Waals surface area contributed by atoms with Gasteiger partial charge in [-0.25, -0.2) is 22.9 Å². The summed E-state index contributed by atoms with van der Waals surface area (Å²) in [7, 11) is -3.74. The van der Waals surface area contributed by atoms with Crippen LogP contribution in [0.2, 0.25) is 0 Å². The fourth-order valence-corrected chi connectivity index (χ4v) is 2.34. The van der Waals surface area contributed by atoms with E-state index in [1.54, 1.807) is 6.92 Å². The number of hydrogen-bond donors (Lipinski definition) is 3. The number of carbonyl (C=O) groups is 1. The maximum Gasteiger partial charge on any atom is 0.337 e. The van der Waals surface area contributed by atoms with Gasteiger partial charge in [0.15, 0.2) is 5.03 Å². The molecular formula is C11H16N2O5S. The molecule has 3 N–H and O–H groups in total. The van der Waals surface area contributed by atoms with E-state index in [4.69, 9.17) is 10.2 Å². The van der Waals surface area contributed by atoms with Gasteiger partial charge in [0.05, 0.1) is 11.7 Å². The van der Waals surface area contributed by atoms with Crippen molar-refractivity contribution in [2.75, 3.05) is 6.54 Å². The first-order valence-corrected chi connectivity index (χ1v) is 7.18. The number of rotatable bonds is 7. The Morgan fingerprint density at radius 2 is 2.16 bits per heavy atom. The van der Waals surface area contributed by atoms with Crippen LogP contribution in [0.4, 0.5) is 0 Å². The summed E-state index contributed by atoms with van der Waals surface area (Å²) in [4.78, 5) is 14.2. The minimum atomic E-state index is -3.74. The Balaban J connectivity index is 2.64. The van der Waals surface area contributed by atoms with Crippen LogP contribution >= 0.6 is 0 Å². The predicted molar refractivity (Wildman–Crippen MR) is 67.3 cm³/mol. The third-order valence-electron chi connectivity index (χ3n) is 2.35. The molecule has 1 unspecified atom stereocenters. The zero-order valence-electron chi connectivity index (χ0n) is 10.4. The summed E-state index contributed by atoms with van der Waals surface area (Å²) in [6.45, 7) is 1.82. The van der Waals surface area contributed by atoms with Gasteiger partial charge in [0, 0.05) is 12.7 Å². The van der Waals surface area contributed by atoms with E-state index >= 15 is 0 Å². The maximum absolute atomic E-state index is 11.8. The van der Waals surface area contributed by atoms with Crippen molar-refractivity contribution in [3.8, 4) is 0 Å². The summed E-state index contributed by atoms with van der Waals surface area (Å²) >= 11 is 0. The number of carboxylic acids is 1. The summed E-state index contributed by atoms with van der Waals surface area (Å²) < 4.78 is 25.9. The van der Waals surface area contributed by atoms with Crippen molar-refractivity contribution in [2.24, 2.45) is 0 Å². The largest absolute Gasteiger partial charge is 0.478 e. The predicted octanol–water partition coefficient (Wildman–Crippen LogP) is 0.219. The van der Waals surface area contributed by atoms with Crippen molar-refractivity contribution in [3.63, 3.8) is 0 Å². The molecule has 1 heterocycles. The second-order valence-electron chi connectivity index (χ2n) is 4.08. The highest BCUT2D eigenvalue weighted by Gasteiger charge is 2.15. The summed E-state index contributed by atoms with van der Waals surface area (Å²) in [5, 5.41) is 17.5. The SMILES string of the molecule is CC(O)CCCNS(=O)(=O)c1ccc(C(=O)O)cn1. The lowest BCUT2D eigenvalue weighted by Gasteiger charge is -2.07. The van der Waals surface area contributed by atoms with E-state index in [1.165, 1.54) is 6.07 Å². The fourth-order valence-electron chi connectivity index (χ4n) is 1.34. The van der Waals surface area contributed by atoms with Crippen molar-refractivity contribution in [3.05, 3.63) is 23.9 Å². The van der Waals surface area contributed by atoms with Gasteiger partial charge in [-0.3, -0.25) is 0 Å². The first-order chi connectivity index (χ1) is 8.83. The molecule has 1 aromatic rings. The fraction of sp³-hybridized carbons (Fsp3) is 0.455. The van der Waals surface area contributed by atoms with Crippen molar-refractivity contribution in [2.45, 2.75) is 30.9 Å². The summed E-state index contributed by atoms with van der Waals surface area (Å²) in [5.74, 6) is -1.17. The number of nitrogens with one attached hydrogen (secondary N) is 1. The van der Waals surface area contributed by atoms with Crippen molar-refractivity contribution >= 4 is 16.0 Å². The van der Waals surface area contributed by atoms with E-state index in [2.05, 4.69) is 9.71 Å². The van der Waals surface area contributed by atoms with Gasteiger partial charge >= 0.3 is 5.97 Å². The molecule has 0 aromatic carbocycles. The molecule has 106 valence electrons. The topological polar surface area (TPSA) is 117 Å². The molecule has 0 bridgehead atoms. The Bertz CT molecular complexity index is 525. The van der Waals surface area contributed by atoms with Gasteiger partial charge in [-0.05, 0) is 31.9 Å². The lowest BCUT2D eigenvalue weighted by molar-refractivity contribution is 0.0696. The molecule has 8 heteroatoms. The van der Waals surface area contributed by atoms with Crippen LogP contribution in [0, 0.1) is 0 Å². The van der Waals surface area contributed by atoms with E-state index in [0.29, 0.717) is 12.8 Å². The monoisotopic (exact) mass is 288 g/mol. The molecule has 19 heavy (non-hydrogen) atoms. The van der Waals surface area contributed by atoms with Crippen LogP contribution < -0.4 is 4.72 Å².